The highest BCUT2D eigenvalue weighted by Crippen LogP contribution is 2.18. The first kappa shape index (κ1) is 9.63. The molecule has 0 saturated carbocycles. The molecule has 0 fully saturated rings. The minimum absolute atomic E-state index is 0.0697. The number of carbonyl (C=O) groups is 1. The molecule has 0 aromatic carbocycles. The number of hydrogen-bond donors (Lipinski definition) is 1. The minimum atomic E-state index is -2.74. The van der Waals surface area contributed by atoms with E-state index >= 15 is 0 Å². The van der Waals surface area contributed by atoms with Gasteiger partial charge in [0, 0.05) is 0 Å². The average Bonchev–Trinajstić information content (AvgIpc) is 2.26. The number of primary amides is 1. The van der Waals surface area contributed by atoms with Crippen molar-refractivity contribution in [2.75, 3.05) is 0 Å². The fourth-order valence-electron chi connectivity index (χ4n) is 1.21. The van der Waals surface area contributed by atoms with Gasteiger partial charge < -0.3 is 5.73 Å². The highest BCUT2D eigenvalue weighted by atomic mass is 19.3. The molecule has 13 heavy (non-hydrogen) atoms. The summed E-state index contributed by atoms with van der Waals surface area (Å²) in [6.45, 7) is 0.102. The molecule has 2 N–H and O–H groups in total. The van der Waals surface area contributed by atoms with E-state index in [9.17, 15) is 13.6 Å². The second kappa shape index (κ2) is 3.12. The lowest BCUT2D eigenvalue weighted by Crippen LogP contribution is -2.13. The van der Waals surface area contributed by atoms with Gasteiger partial charge in [0.15, 0.2) is 0 Å². The zero-order chi connectivity index (χ0) is 10.2. The third-order valence-electron chi connectivity index (χ3n) is 1.76. The van der Waals surface area contributed by atoms with Gasteiger partial charge in [0.1, 0.15) is 0 Å². The number of aryl methyl sites for hydroxylation is 1. The Morgan fingerprint density at radius 1 is 1.54 bits per heavy atom. The van der Waals surface area contributed by atoms with Gasteiger partial charge in [-0.15, -0.1) is 0 Å². The first-order chi connectivity index (χ1) is 5.95. The maximum absolute atomic E-state index is 12.2. The van der Waals surface area contributed by atoms with Crippen LogP contribution in [0.25, 0.3) is 0 Å². The Bertz CT molecular complexity index is 346. The minimum Gasteiger partial charge on any atom is -0.365 e. The highest BCUT2D eigenvalue weighted by Gasteiger charge is 2.19. The lowest BCUT2D eigenvalue weighted by Gasteiger charge is -2.00. The number of hydrogen-bond acceptors (Lipinski definition) is 2. The third kappa shape index (κ3) is 1.51. The van der Waals surface area contributed by atoms with Crippen LogP contribution in [0.4, 0.5) is 8.78 Å². The summed E-state index contributed by atoms with van der Waals surface area (Å²) in [5.74, 6) is -0.734. The summed E-state index contributed by atoms with van der Waals surface area (Å²) < 4.78 is 24.9. The number of halogens is 2. The molecule has 0 bridgehead atoms. The van der Waals surface area contributed by atoms with Crippen molar-refractivity contribution in [3.63, 3.8) is 0 Å². The second-order valence-corrected chi connectivity index (χ2v) is 2.63. The van der Waals surface area contributed by atoms with Crippen LogP contribution < -0.4 is 5.73 Å². The van der Waals surface area contributed by atoms with Crippen molar-refractivity contribution in [3.8, 4) is 0 Å². The number of nitrogens with two attached hydrogens (primary N) is 1. The van der Waals surface area contributed by atoms with Crippen molar-refractivity contribution >= 4 is 5.91 Å². The van der Waals surface area contributed by atoms with E-state index in [1.165, 1.54) is 13.8 Å². The summed E-state index contributed by atoms with van der Waals surface area (Å²) in [7, 11) is 0. The molecule has 1 rings (SSSR count). The lowest BCUT2D eigenvalue weighted by molar-refractivity contribution is 0.0540. The molecular formula is C7H9F2N3O. The van der Waals surface area contributed by atoms with E-state index in [-0.39, 0.29) is 17.0 Å². The maximum Gasteiger partial charge on any atom is 0.333 e. The predicted octanol–water partition coefficient (Wildman–Crippen LogP) is 0.994. The molecule has 0 unspecified atom stereocenters. The maximum atomic E-state index is 12.2. The number of amides is 1. The number of nitrogens with zero attached hydrogens (tertiary/aromatic N) is 2. The molecule has 1 aromatic heterocycles. The molecule has 0 aliphatic heterocycles. The molecule has 72 valence electrons. The van der Waals surface area contributed by atoms with E-state index in [1.54, 1.807) is 0 Å². The van der Waals surface area contributed by atoms with Crippen LogP contribution in [0.5, 0.6) is 0 Å². The number of carbonyl (C=O) groups excluding carboxylic acids is 1. The molecule has 4 nitrogen and oxygen atoms in total. The molecule has 6 heteroatoms. The van der Waals surface area contributed by atoms with E-state index in [0.29, 0.717) is 4.68 Å². The SMILES string of the molecule is Cc1nn(C(F)F)c(C)c1C(N)=O. The molecular weight excluding hydrogens is 180 g/mol. The Morgan fingerprint density at radius 2 is 2.08 bits per heavy atom. The Hall–Kier alpha value is -1.46. The molecule has 0 aliphatic rings. The summed E-state index contributed by atoms with van der Waals surface area (Å²) >= 11 is 0. The smallest absolute Gasteiger partial charge is 0.333 e. The van der Waals surface area contributed by atoms with Crippen molar-refractivity contribution in [1.82, 2.24) is 9.78 Å². The van der Waals surface area contributed by atoms with Crippen molar-refractivity contribution < 1.29 is 13.6 Å². The molecule has 0 radical (unpaired) electrons. The van der Waals surface area contributed by atoms with E-state index in [1.807, 2.05) is 0 Å². The van der Waals surface area contributed by atoms with Crippen molar-refractivity contribution in [1.29, 1.82) is 0 Å². The van der Waals surface area contributed by atoms with Crippen molar-refractivity contribution in [3.05, 3.63) is 17.0 Å². The zero-order valence-electron chi connectivity index (χ0n) is 7.21. The van der Waals surface area contributed by atoms with Crippen LogP contribution in [-0.4, -0.2) is 15.7 Å². The quantitative estimate of drug-likeness (QED) is 0.754. The summed E-state index contributed by atoms with van der Waals surface area (Å²) in [6.07, 6.45) is 0. The monoisotopic (exact) mass is 189 g/mol. The van der Waals surface area contributed by atoms with E-state index in [0.717, 1.165) is 0 Å². The summed E-state index contributed by atoms with van der Waals surface area (Å²) in [4.78, 5) is 10.8. The summed E-state index contributed by atoms with van der Waals surface area (Å²) in [6, 6.07) is 0. The second-order valence-electron chi connectivity index (χ2n) is 2.63. The molecule has 0 saturated heterocycles. The van der Waals surface area contributed by atoms with Gasteiger partial charge in [-0.25, -0.2) is 4.68 Å². The van der Waals surface area contributed by atoms with Crippen LogP contribution in [0.3, 0.4) is 0 Å². The third-order valence-corrected chi connectivity index (χ3v) is 1.76. The van der Waals surface area contributed by atoms with E-state index < -0.39 is 12.5 Å². The van der Waals surface area contributed by atoms with Gasteiger partial charge in [0.05, 0.1) is 17.0 Å². The molecule has 0 aliphatic carbocycles. The van der Waals surface area contributed by atoms with Gasteiger partial charge in [-0.3, -0.25) is 4.79 Å². The fraction of sp³-hybridized carbons (Fsp3) is 0.429. The van der Waals surface area contributed by atoms with E-state index in [4.69, 9.17) is 5.73 Å². The normalized spacial score (nSPS) is 10.8. The van der Waals surface area contributed by atoms with Crippen LogP contribution in [0.1, 0.15) is 28.3 Å². The Balaban J connectivity index is 3.30. The Morgan fingerprint density at radius 3 is 2.31 bits per heavy atom. The van der Waals surface area contributed by atoms with Crippen LogP contribution in [-0.2, 0) is 0 Å². The Kier molecular flexibility index (Phi) is 2.31. The highest BCUT2D eigenvalue weighted by molar-refractivity contribution is 5.95. The number of rotatable bonds is 2. The van der Waals surface area contributed by atoms with Gasteiger partial charge in [-0.1, -0.05) is 0 Å². The summed E-state index contributed by atoms with van der Waals surface area (Å²) in [5.41, 5.74) is 5.39. The van der Waals surface area contributed by atoms with Gasteiger partial charge in [0.2, 0.25) is 0 Å². The molecule has 0 spiro atoms. The molecule has 1 heterocycles. The standard InChI is InChI=1S/C7H9F2N3O/c1-3-5(6(10)13)4(2)12(11-3)7(8)9/h7H,1-2H3,(H2,10,13). The van der Waals surface area contributed by atoms with Crippen LogP contribution >= 0.6 is 0 Å². The summed E-state index contributed by atoms with van der Waals surface area (Å²) in [5, 5.41) is 3.50. The lowest BCUT2D eigenvalue weighted by atomic mass is 10.2. The topological polar surface area (TPSA) is 60.9 Å². The van der Waals surface area contributed by atoms with Gasteiger partial charge in [-0.2, -0.15) is 13.9 Å². The first-order valence-electron chi connectivity index (χ1n) is 3.58. The zero-order valence-corrected chi connectivity index (χ0v) is 7.21. The fourth-order valence-corrected chi connectivity index (χ4v) is 1.21. The predicted molar refractivity (Wildman–Crippen MR) is 41.5 cm³/mol. The largest absolute Gasteiger partial charge is 0.365 e. The Labute approximate surface area is 73.3 Å². The van der Waals surface area contributed by atoms with Gasteiger partial charge in [-0.05, 0) is 13.8 Å². The van der Waals surface area contributed by atoms with Crippen molar-refractivity contribution in [2.45, 2.75) is 20.4 Å². The average molecular weight is 189 g/mol. The van der Waals surface area contributed by atoms with Crippen molar-refractivity contribution in [2.24, 2.45) is 5.73 Å². The molecule has 0 atom stereocenters. The molecule has 1 aromatic rings. The first-order valence-corrected chi connectivity index (χ1v) is 3.58. The van der Waals surface area contributed by atoms with Crippen LogP contribution in [0.2, 0.25) is 0 Å². The van der Waals surface area contributed by atoms with Crippen LogP contribution in [0, 0.1) is 13.8 Å². The van der Waals surface area contributed by atoms with Crippen LogP contribution in [0.15, 0.2) is 0 Å². The van der Waals surface area contributed by atoms with Gasteiger partial charge >= 0.3 is 6.55 Å². The van der Waals surface area contributed by atoms with Gasteiger partial charge in [0.25, 0.3) is 5.91 Å². The molecule has 1 amide bonds. The number of alkyl halides is 2. The number of aromatic nitrogens is 2. The van der Waals surface area contributed by atoms with E-state index in [2.05, 4.69) is 5.10 Å².